The van der Waals surface area contributed by atoms with Gasteiger partial charge in [-0.2, -0.15) is 10.4 Å². The summed E-state index contributed by atoms with van der Waals surface area (Å²) in [5.74, 6) is 0.594. The number of nitrogens with zero attached hydrogens (tertiary/aromatic N) is 4. The third kappa shape index (κ3) is 2.41. The number of nitriles is 1. The van der Waals surface area contributed by atoms with Gasteiger partial charge in [-0.3, -0.25) is 0 Å². The van der Waals surface area contributed by atoms with Gasteiger partial charge in [0.05, 0.1) is 5.69 Å². The summed E-state index contributed by atoms with van der Waals surface area (Å²) in [5, 5.41) is 17.6. The molecule has 4 nitrogen and oxygen atoms in total. The van der Waals surface area contributed by atoms with Gasteiger partial charge in [-0.25, -0.2) is 0 Å². The van der Waals surface area contributed by atoms with Gasteiger partial charge in [-0.15, -0.1) is 5.10 Å². The molecule has 4 heteroatoms. The fraction of sp³-hybridized carbons (Fsp3) is 0.267. The molecule has 0 amide bonds. The Morgan fingerprint density at radius 2 is 1.89 bits per heavy atom. The summed E-state index contributed by atoms with van der Waals surface area (Å²) in [6, 6.07) is 10.3. The van der Waals surface area contributed by atoms with Crippen LogP contribution in [0.1, 0.15) is 22.4 Å². The molecule has 0 spiro atoms. The van der Waals surface area contributed by atoms with Crippen molar-refractivity contribution in [2.45, 2.75) is 20.8 Å². The average molecular weight is 252 g/mol. The predicted octanol–water partition coefficient (Wildman–Crippen LogP) is 3.04. The number of hydrogen-bond acceptors (Lipinski definition) is 4. The normalized spacial score (nSPS) is 10.1. The highest BCUT2D eigenvalue weighted by Gasteiger charge is 2.15. The molecule has 0 unspecified atom stereocenters. The minimum absolute atomic E-state index is 0.580. The maximum absolute atomic E-state index is 9.33. The first-order chi connectivity index (χ1) is 9.04. The molecule has 0 radical (unpaired) electrons. The molecule has 2 rings (SSSR count). The lowest BCUT2D eigenvalue weighted by Crippen LogP contribution is -2.15. The van der Waals surface area contributed by atoms with Crippen molar-refractivity contribution in [2.75, 3.05) is 11.9 Å². The van der Waals surface area contributed by atoms with Gasteiger partial charge in [-0.05, 0) is 44.0 Å². The second-order valence-corrected chi connectivity index (χ2v) is 4.62. The first-order valence-corrected chi connectivity index (χ1v) is 6.09. The molecule has 0 fully saturated rings. The Kier molecular flexibility index (Phi) is 3.48. The summed E-state index contributed by atoms with van der Waals surface area (Å²) < 4.78 is 0. The molecule has 1 heterocycles. The van der Waals surface area contributed by atoms with Crippen molar-refractivity contribution in [2.24, 2.45) is 0 Å². The number of aryl methyl sites for hydroxylation is 2. The maximum Gasteiger partial charge on any atom is 0.173 e. The van der Waals surface area contributed by atoms with Crippen LogP contribution in [-0.4, -0.2) is 17.2 Å². The predicted molar refractivity (Wildman–Crippen MR) is 75.5 cm³/mol. The van der Waals surface area contributed by atoms with Gasteiger partial charge in [0.2, 0.25) is 0 Å². The van der Waals surface area contributed by atoms with Crippen LogP contribution in [0.5, 0.6) is 0 Å². The lowest BCUT2D eigenvalue weighted by molar-refractivity contribution is 0.929. The zero-order valence-corrected chi connectivity index (χ0v) is 11.6. The van der Waals surface area contributed by atoms with E-state index in [0.717, 1.165) is 16.9 Å². The van der Waals surface area contributed by atoms with Crippen LogP contribution in [-0.2, 0) is 0 Å². The molecule has 2 aromatic rings. The van der Waals surface area contributed by atoms with Gasteiger partial charge in [0.1, 0.15) is 11.6 Å². The molecule has 0 atom stereocenters. The highest BCUT2D eigenvalue weighted by molar-refractivity contribution is 5.66. The Bertz CT molecular complexity index is 656. The summed E-state index contributed by atoms with van der Waals surface area (Å²) in [4.78, 5) is 1.89. The summed E-state index contributed by atoms with van der Waals surface area (Å²) >= 11 is 0. The second-order valence-electron chi connectivity index (χ2n) is 4.62. The van der Waals surface area contributed by atoms with E-state index in [1.807, 2.05) is 50.9 Å². The molecule has 0 saturated carbocycles. The molecule has 0 saturated heterocycles. The number of rotatable bonds is 2. The largest absolute Gasteiger partial charge is 0.327 e. The van der Waals surface area contributed by atoms with Gasteiger partial charge < -0.3 is 4.90 Å². The van der Waals surface area contributed by atoms with E-state index in [4.69, 9.17) is 0 Å². The number of benzene rings is 1. The van der Waals surface area contributed by atoms with Crippen molar-refractivity contribution < 1.29 is 0 Å². The van der Waals surface area contributed by atoms with Crippen molar-refractivity contribution in [1.29, 1.82) is 5.26 Å². The lowest BCUT2D eigenvalue weighted by atomic mass is 10.1. The minimum Gasteiger partial charge on any atom is -0.327 e. The molecular weight excluding hydrogens is 236 g/mol. The minimum atomic E-state index is 0.580. The quantitative estimate of drug-likeness (QED) is 0.824. The van der Waals surface area contributed by atoms with Crippen molar-refractivity contribution in [3.05, 3.63) is 46.6 Å². The highest BCUT2D eigenvalue weighted by atomic mass is 15.3. The highest BCUT2D eigenvalue weighted by Crippen LogP contribution is 2.27. The molecule has 96 valence electrons. The van der Waals surface area contributed by atoms with E-state index in [1.165, 1.54) is 5.56 Å². The SMILES string of the molecule is Cc1cccc(N(C)c2nnc(C)c(C)c2C#N)c1. The summed E-state index contributed by atoms with van der Waals surface area (Å²) in [5.41, 5.74) is 4.41. The first kappa shape index (κ1) is 13.0. The topological polar surface area (TPSA) is 52.8 Å². The van der Waals surface area contributed by atoms with E-state index >= 15 is 0 Å². The van der Waals surface area contributed by atoms with Gasteiger partial charge in [0.15, 0.2) is 5.82 Å². The average Bonchev–Trinajstić information content (AvgIpc) is 2.41. The standard InChI is InChI=1S/C15H16N4/c1-10-6-5-7-13(8-10)19(4)15-14(9-16)11(2)12(3)17-18-15/h5-8H,1-4H3. The van der Waals surface area contributed by atoms with Crippen LogP contribution in [0.4, 0.5) is 11.5 Å². The Morgan fingerprint density at radius 1 is 1.16 bits per heavy atom. The van der Waals surface area contributed by atoms with Crippen LogP contribution in [0.2, 0.25) is 0 Å². The smallest absolute Gasteiger partial charge is 0.173 e. The lowest BCUT2D eigenvalue weighted by Gasteiger charge is -2.20. The van der Waals surface area contributed by atoms with Crippen molar-refractivity contribution in [1.82, 2.24) is 10.2 Å². The summed E-state index contributed by atoms with van der Waals surface area (Å²) in [6.07, 6.45) is 0. The van der Waals surface area contributed by atoms with Crippen LogP contribution in [0.3, 0.4) is 0 Å². The molecule has 0 N–H and O–H groups in total. The molecule has 1 aromatic carbocycles. The van der Waals surface area contributed by atoms with E-state index in [-0.39, 0.29) is 0 Å². The molecule has 0 aliphatic rings. The van der Waals surface area contributed by atoms with E-state index in [9.17, 15) is 5.26 Å². The monoisotopic (exact) mass is 252 g/mol. The maximum atomic E-state index is 9.33. The van der Waals surface area contributed by atoms with Gasteiger partial charge in [0.25, 0.3) is 0 Å². The van der Waals surface area contributed by atoms with Gasteiger partial charge >= 0.3 is 0 Å². The number of aromatic nitrogens is 2. The van der Waals surface area contributed by atoms with Crippen molar-refractivity contribution in [3.8, 4) is 6.07 Å². The second kappa shape index (κ2) is 5.07. The number of hydrogen-bond donors (Lipinski definition) is 0. The summed E-state index contributed by atoms with van der Waals surface area (Å²) in [7, 11) is 1.90. The van der Waals surface area contributed by atoms with Gasteiger partial charge in [0, 0.05) is 12.7 Å². The Labute approximate surface area is 113 Å². The van der Waals surface area contributed by atoms with E-state index in [1.54, 1.807) is 0 Å². The van der Waals surface area contributed by atoms with Crippen LogP contribution in [0.25, 0.3) is 0 Å². The fourth-order valence-corrected chi connectivity index (χ4v) is 1.92. The van der Waals surface area contributed by atoms with E-state index in [0.29, 0.717) is 11.4 Å². The van der Waals surface area contributed by atoms with Crippen LogP contribution in [0, 0.1) is 32.1 Å². The zero-order chi connectivity index (χ0) is 14.0. The Morgan fingerprint density at radius 3 is 2.53 bits per heavy atom. The third-order valence-electron chi connectivity index (χ3n) is 3.25. The summed E-state index contributed by atoms with van der Waals surface area (Å²) in [6.45, 7) is 5.80. The molecule has 0 aliphatic carbocycles. The molecule has 0 bridgehead atoms. The first-order valence-electron chi connectivity index (χ1n) is 6.09. The Hall–Kier alpha value is -2.41. The Balaban J connectivity index is 2.54. The zero-order valence-electron chi connectivity index (χ0n) is 11.6. The molecule has 1 aromatic heterocycles. The van der Waals surface area contributed by atoms with Crippen molar-refractivity contribution >= 4 is 11.5 Å². The van der Waals surface area contributed by atoms with Gasteiger partial charge in [-0.1, -0.05) is 12.1 Å². The van der Waals surface area contributed by atoms with E-state index < -0.39 is 0 Å². The van der Waals surface area contributed by atoms with Crippen LogP contribution < -0.4 is 4.90 Å². The molecule has 0 aliphatic heterocycles. The van der Waals surface area contributed by atoms with Crippen molar-refractivity contribution in [3.63, 3.8) is 0 Å². The number of anilines is 2. The van der Waals surface area contributed by atoms with E-state index in [2.05, 4.69) is 22.3 Å². The van der Waals surface area contributed by atoms with Crippen LogP contribution in [0.15, 0.2) is 24.3 Å². The third-order valence-corrected chi connectivity index (χ3v) is 3.25. The molecular formula is C15H16N4. The van der Waals surface area contributed by atoms with Crippen LogP contribution >= 0.6 is 0 Å². The molecule has 19 heavy (non-hydrogen) atoms. The fourth-order valence-electron chi connectivity index (χ4n) is 1.92.